The third kappa shape index (κ3) is 4.18. The molecule has 1 heterocycles. The third-order valence-corrected chi connectivity index (χ3v) is 4.81. The Balaban J connectivity index is 2.16. The molecule has 0 unspecified atom stereocenters. The fraction of sp³-hybridized carbons (Fsp3) is 0.0667. The number of benzene rings is 2. The number of halogens is 4. The Kier molecular flexibility index (Phi) is 4.95. The SMILES string of the molecule is Nc1nc(Nc2cc(Cl)c(-c3cccc(S(N)(=O)=O)c3)c(C(F)(F)F)c2)n[nH]1. The van der Waals surface area contributed by atoms with E-state index in [1.54, 1.807) is 0 Å². The predicted molar refractivity (Wildman–Crippen MR) is 97.3 cm³/mol. The molecule has 8 nitrogen and oxygen atoms in total. The number of H-pyrrole nitrogens is 1. The highest BCUT2D eigenvalue weighted by atomic mass is 35.5. The predicted octanol–water partition coefficient (Wildman–Crippen LogP) is 3.12. The molecule has 28 heavy (non-hydrogen) atoms. The van der Waals surface area contributed by atoms with Crippen molar-refractivity contribution < 1.29 is 21.6 Å². The molecule has 0 atom stereocenters. The van der Waals surface area contributed by atoms with Gasteiger partial charge in [0.15, 0.2) is 0 Å². The first-order valence-corrected chi connectivity index (χ1v) is 9.36. The highest BCUT2D eigenvalue weighted by molar-refractivity contribution is 7.89. The van der Waals surface area contributed by atoms with E-state index in [-0.39, 0.29) is 38.6 Å². The van der Waals surface area contributed by atoms with E-state index < -0.39 is 21.8 Å². The maximum absolute atomic E-state index is 13.7. The Morgan fingerprint density at radius 3 is 2.46 bits per heavy atom. The summed E-state index contributed by atoms with van der Waals surface area (Å²) in [6.07, 6.45) is -4.79. The van der Waals surface area contributed by atoms with E-state index in [1.165, 1.54) is 24.3 Å². The fourth-order valence-corrected chi connectivity index (χ4v) is 3.37. The summed E-state index contributed by atoms with van der Waals surface area (Å²) in [5.74, 6) is -0.0771. The zero-order chi connectivity index (χ0) is 20.7. The minimum Gasteiger partial charge on any atom is -0.368 e. The van der Waals surface area contributed by atoms with E-state index in [9.17, 15) is 21.6 Å². The van der Waals surface area contributed by atoms with Crippen molar-refractivity contribution in [3.05, 3.63) is 47.0 Å². The standard InChI is InChI=1S/C15H12ClF3N6O2S/c16-11-6-8(22-14-23-13(20)24-25-14)5-10(15(17,18)19)12(11)7-2-1-3-9(4-7)28(21,26)27/h1-6H,(H2,21,26,27)(H4,20,22,23,24,25). The normalized spacial score (nSPS) is 12.2. The number of primary sulfonamides is 1. The average Bonchev–Trinajstić information content (AvgIpc) is 2.97. The Hall–Kier alpha value is -2.83. The highest BCUT2D eigenvalue weighted by Crippen LogP contribution is 2.43. The van der Waals surface area contributed by atoms with Crippen molar-refractivity contribution >= 4 is 39.2 Å². The van der Waals surface area contributed by atoms with Crippen LogP contribution >= 0.6 is 11.6 Å². The fourth-order valence-electron chi connectivity index (χ4n) is 2.48. The molecule has 2 aromatic carbocycles. The van der Waals surface area contributed by atoms with Gasteiger partial charge >= 0.3 is 6.18 Å². The van der Waals surface area contributed by atoms with Crippen LogP contribution in [0.4, 0.5) is 30.8 Å². The number of aromatic nitrogens is 3. The third-order valence-electron chi connectivity index (χ3n) is 3.61. The summed E-state index contributed by atoms with van der Waals surface area (Å²) in [5, 5.41) is 13.4. The molecule has 1 aromatic heterocycles. The van der Waals surface area contributed by atoms with E-state index in [0.29, 0.717) is 0 Å². The smallest absolute Gasteiger partial charge is 0.368 e. The van der Waals surface area contributed by atoms with Crippen LogP contribution in [-0.4, -0.2) is 23.6 Å². The second-order valence-electron chi connectivity index (χ2n) is 5.62. The molecule has 3 rings (SSSR count). The molecule has 0 saturated heterocycles. The summed E-state index contributed by atoms with van der Waals surface area (Å²) >= 11 is 6.12. The van der Waals surface area contributed by atoms with E-state index in [2.05, 4.69) is 20.5 Å². The maximum Gasteiger partial charge on any atom is 0.417 e. The molecule has 0 saturated carbocycles. The van der Waals surface area contributed by atoms with Crippen molar-refractivity contribution in [2.45, 2.75) is 11.1 Å². The van der Waals surface area contributed by atoms with Gasteiger partial charge in [0, 0.05) is 11.3 Å². The number of nitrogens with zero attached hydrogens (tertiary/aromatic N) is 2. The van der Waals surface area contributed by atoms with Gasteiger partial charge in [-0.3, -0.25) is 0 Å². The molecule has 0 fully saturated rings. The number of nitrogens with two attached hydrogens (primary N) is 2. The van der Waals surface area contributed by atoms with Gasteiger partial charge in [-0.1, -0.05) is 23.7 Å². The number of nitrogen functional groups attached to an aromatic ring is 1. The summed E-state index contributed by atoms with van der Waals surface area (Å²) in [6.45, 7) is 0. The molecular weight excluding hydrogens is 421 g/mol. The Bertz CT molecular complexity index is 1150. The molecular formula is C15H12ClF3N6O2S. The first kappa shape index (κ1) is 19.9. The van der Waals surface area contributed by atoms with Gasteiger partial charge in [0.25, 0.3) is 0 Å². The molecule has 0 spiro atoms. The Morgan fingerprint density at radius 1 is 1.18 bits per heavy atom. The average molecular weight is 433 g/mol. The molecule has 0 bridgehead atoms. The highest BCUT2D eigenvalue weighted by Gasteiger charge is 2.35. The first-order chi connectivity index (χ1) is 12.9. The number of aromatic amines is 1. The van der Waals surface area contributed by atoms with Crippen molar-refractivity contribution in [1.29, 1.82) is 0 Å². The number of nitrogens with one attached hydrogen (secondary N) is 2. The number of anilines is 3. The van der Waals surface area contributed by atoms with Crippen LogP contribution in [-0.2, 0) is 16.2 Å². The zero-order valence-corrected chi connectivity index (χ0v) is 15.3. The molecule has 148 valence electrons. The topological polar surface area (TPSA) is 140 Å². The van der Waals surface area contributed by atoms with Crippen molar-refractivity contribution in [2.75, 3.05) is 11.1 Å². The number of hydrogen-bond acceptors (Lipinski definition) is 6. The second-order valence-corrected chi connectivity index (χ2v) is 7.59. The summed E-state index contributed by atoms with van der Waals surface area (Å²) < 4.78 is 64.1. The lowest BCUT2D eigenvalue weighted by Gasteiger charge is -2.17. The van der Waals surface area contributed by atoms with Gasteiger partial charge in [-0.05, 0) is 29.8 Å². The summed E-state index contributed by atoms with van der Waals surface area (Å²) in [5.41, 5.74) is 3.80. The first-order valence-electron chi connectivity index (χ1n) is 7.44. The summed E-state index contributed by atoms with van der Waals surface area (Å²) in [4.78, 5) is 3.40. The summed E-state index contributed by atoms with van der Waals surface area (Å²) in [7, 11) is -4.11. The molecule has 0 aliphatic carbocycles. The van der Waals surface area contributed by atoms with Gasteiger partial charge in [0.05, 0.1) is 15.5 Å². The maximum atomic E-state index is 13.7. The Labute approximate surface area is 161 Å². The number of alkyl halides is 3. The van der Waals surface area contributed by atoms with Crippen LogP contribution in [0.3, 0.4) is 0 Å². The Morgan fingerprint density at radius 2 is 1.89 bits per heavy atom. The zero-order valence-electron chi connectivity index (χ0n) is 13.7. The van der Waals surface area contributed by atoms with Crippen LogP contribution < -0.4 is 16.2 Å². The lowest BCUT2D eigenvalue weighted by Crippen LogP contribution is -2.12. The van der Waals surface area contributed by atoms with Gasteiger partial charge in [0.2, 0.25) is 21.9 Å². The minimum absolute atomic E-state index is 0.0268. The second kappa shape index (κ2) is 6.96. The van der Waals surface area contributed by atoms with Crippen LogP contribution in [0.2, 0.25) is 5.02 Å². The minimum atomic E-state index is -4.79. The molecule has 0 radical (unpaired) electrons. The lowest BCUT2D eigenvalue weighted by atomic mass is 9.98. The number of rotatable bonds is 4. The molecule has 0 aliphatic heterocycles. The monoisotopic (exact) mass is 432 g/mol. The lowest BCUT2D eigenvalue weighted by molar-refractivity contribution is -0.137. The van der Waals surface area contributed by atoms with Crippen LogP contribution in [0.15, 0.2) is 41.3 Å². The van der Waals surface area contributed by atoms with Crippen molar-refractivity contribution in [1.82, 2.24) is 15.2 Å². The van der Waals surface area contributed by atoms with Crippen LogP contribution in [0.1, 0.15) is 5.56 Å². The molecule has 13 heteroatoms. The quantitative estimate of drug-likeness (QED) is 0.499. The van der Waals surface area contributed by atoms with Gasteiger partial charge < -0.3 is 11.1 Å². The van der Waals surface area contributed by atoms with E-state index in [0.717, 1.165) is 12.1 Å². The van der Waals surface area contributed by atoms with E-state index in [1.807, 2.05) is 0 Å². The van der Waals surface area contributed by atoms with E-state index in [4.69, 9.17) is 22.5 Å². The number of hydrogen-bond donors (Lipinski definition) is 4. The van der Waals surface area contributed by atoms with Gasteiger partial charge in [0.1, 0.15) is 0 Å². The van der Waals surface area contributed by atoms with Crippen molar-refractivity contribution in [3.63, 3.8) is 0 Å². The molecule has 0 amide bonds. The molecule has 6 N–H and O–H groups in total. The van der Waals surface area contributed by atoms with Crippen LogP contribution in [0.5, 0.6) is 0 Å². The van der Waals surface area contributed by atoms with Gasteiger partial charge in [-0.2, -0.15) is 18.2 Å². The van der Waals surface area contributed by atoms with Crippen LogP contribution in [0.25, 0.3) is 11.1 Å². The number of sulfonamides is 1. The molecule has 3 aromatic rings. The van der Waals surface area contributed by atoms with E-state index >= 15 is 0 Å². The molecule has 0 aliphatic rings. The largest absolute Gasteiger partial charge is 0.417 e. The summed E-state index contributed by atoms with van der Waals surface area (Å²) in [6, 6.07) is 6.79. The van der Waals surface area contributed by atoms with Gasteiger partial charge in [-0.15, -0.1) is 5.10 Å². The van der Waals surface area contributed by atoms with Crippen molar-refractivity contribution in [3.8, 4) is 11.1 Å². The van der Waals surface area contributed by atoms with Crippen LogP contribution in [0, 0.1) is 0 Å². The van der Waals surface area contributed by atoms with Gasteiger partial charge in [-0.25, -0.2) is 18.7 Å². The van der Waals surface area contributed by atoms with Crippen molar-refractivity contribution in [2.24, 2.45) is 5.14 Å².